The summed E-state index contributed by atoms with van der Waals surface area (Å²) in [5.74, 6) is -0.843. The Morgan fingerprint density at radius 3 is 2.68 bits per heavy atom. The fourth-order valence-electron chi connectivity index (χ4n) is 2.20. The lowest BCUT2D eigenvalue weighted by Crippen LogP contribution is -2.38. The van der Waals surface area contributed by atoms with E-state index in [1.165, 1.54) is 13.2 Å². The number of esters is 1. The van der Waals surface area contributed by atoms with Crippen molar-refractivity contribution in [2.75, 3.05) is 25.2 Å². The third kappa shape index (κ3) is 4.20. The number of carbonyl (C=O) groups is 2. The van der Waals surface area contributed by atoms with Gasteiger partial charge in [0.05, 0.1) is 18.6 Å². The Bertz CT molecular complexity index is 670. The lowest BCUT2D eigenvalue weighted by Gasteiger charge is -2.11. The van der Waals surface area contributed by atoms with Gasteiger partial charge in [0.25, 0.3) is 5.91 Å². The summed E-state index contributed by atoms with van der Waals surface area (Å²) in [6.45, 7) is -0.465. The molecule has 0 spiro atoms. The van der Waals surface area contributed by atoms with Crippen molar-refractivity contribution in [2.45, 2.75) is 12.5 Å². The molecule has 1 aliphatic rings. The number of hydrogen-bond acceptors (Lipinski definition) is 6. The van der Waals surface area contributed by atoms with Crippen LogP contribution in [-0.2, 0) is 19.4 Å². The number of sulfone groups is 1. The van der Waals surface area contributed by atoms with E-state index in [2.05, 4.69) is 5.32 Å². The molecular formula is C14H17NO6S. The van der Waals surface area contributed by atoms with Crippen LogP contribution in [0.3, 0.4) is 0 Å². The highest BCUT2D eigenvalue weighted by atomic mass is 32.2. The number of nitrogens with one attached hydrogen (secondary N) is 1. The van der Waals surface area contributed by atoms with Gasteiger partial charge < -0.3 is 14.8 Å². The quantitative estimate of drug-likeness (QED) is 0.773. The van der Waals surface area contributed by atoms with Gasteiger partial charge in [0.15, 0.2) is 16.4 Å². The minimum atomic E-state index is -3.06. The lowest BCUT2D eigenvalue weighted by atomic mass is 10.2. The highest BCUT2D eigenvalue weighted by Gasteiger charge is 2.29. The van der Waals surface area contributed by atoms with E-state index < -0.39 is 34.4 Å². The van der Waals surface area contributed by atoms with Gasteiger partial charge in [0, 0.05) is 6.04 Å². The van der Waals surface area contributed by atoms with Gasteiger partial charge in [-0.25, -0.2) is 13.2 Å². The summed E-state index contributed by atoms with van der Waals surface area (Å²) in [5.41, 5.74) is 0.223. The molecule has 8 heteroatoms. The van der Waals surface area contributed by atoms with Crippen LogP contribution in [0.25, 0.3) is 0 Å². The highest BCUT2D eigenvalue weighted by molar-refractivity contribution is 7.91. The molecule has 0 aromatic heterocycles. The Morgan fingerprint density at radius 1 is 1.32 bits per heavy atom. The maximum atomic E-state index is 11.9. The molecule has 1 saturated heterocycles. The van der Waals surface area contributed by atoms with E-state index in [0.29, 0.717) is 12.2 Å². The third-order valence-electron chi connectivity index (χ3n) is 3.26. The van der Waals surface area contributed by atoms with Crippen molar-refractivity contribution >= 4 is 21.7 Å². The predicted molar refractivity (Wildman–Crippen MR) is 78.5 cm³/mol. The first kappa shape index (κ1) is 16.3. The molecule has 120 valence electrons. The normalized spacial score (nSPS) is 19.4. The Labute approximate surface area is 128 Å². The summed E-state index contributed by atoms with van der Waals surface area (Å²) < 4.78 is 32.5. The zero-order valence-electron chi connectivity index (χ0n) is 12.1. The summed E-state index contributed by atoms with van der Waals surface area (Å²) in [6, 6.07) is 6.09. The Hall–Kier alpha value is -2.09. The molecule has 1 fully saturated rings. The Morgan fingerprint density at radius 2 is 2.05 bits per heavy atom. The molecule has 0 bridgehead atoms. The smallest absolute Gasteiger partial charge is 0.342 e. The van der Waals surface area contributed by atoms with Crippen molar-refractivity contribution in [1.82, 2.24) is 5.32 Å². The number of carbonyl (C=O) groups excluding carboxylic acids is 2. The predicted octanol–water partition coefficient (Wildman–Crippen LogP) is 0.155. The summed E-state index contributed by atoms with van der Waals surface area (Å²) in [7, 11) is -1.63. The molecule has 1 amide bonds. The van der Waals surface area contributed by atoms with Crippen LogP contribution >= 0.6 is 0 Å². The largest absolute Gasteiger partial charge is 0.496 e. The number of hydrogen-bond donors (Lipinski definition) is 1. The highest BCUT2D eigenvalue weighted by Crippen LogP contribution is 2.18. The molecule has 2 rings (SSSR count). The molecule has 1 heterocycles. The minimum Gasteiger partial charge on any atom is -0.496 e. The van der Waals surface area contributed by atoms with Gasteiger partial charge in [0.1, 0.15) is 11.3 Å². The number of methoxy groups -OCH3 is 1. The van der Waals surface area contributed by atoms with E-state index in [9.17, 15) is 18.0 Å². The van der Waals surface area contributed by atoms with Gasteiger partial charge >= 0.3 is 5.97 Å². The average molecular weight is 327 g/mol. The first-order valence-electron chi connectivity index (χ1n) is 6.71. The van der Waals surface area contributed by atoms with Gasteiger partial charge in [-0.3, -0.25) is 4.79 Å². The van der Waals surface area contributed by atoms with Gasteiger partial charge in [0.2, 0.25) is 0 Å². The molecule has 1 atom stereocenters. The van der Waals surface area contributed by atoms with Crippen LogP contribution in [0.2, 0.25) is 0 Å². The van der Waals surface area contributed by atoms with Crippen LogP contribution in [0.5, 0.6) is 5.75 Å². The second-order valence-electron chi connectivity index (χ2n) is 4.94. The first-order valence-corrected chi connectivity index (χ1v) is 8.53. The molecule has 22 heavy (non-hydrogen) atoms. The first-order chi connectivity index (χ1) is 10.4. The maximum absolute atomic E-state index is 11.9. The topological polar surface area (TPSA) is 98.8 Å². The van der Waals surface area contributed by atoms with Crippen LogP contribution in [0.4, 0.5) is 0 Å². The zero-order valence-corrected chi connectivity index (χ0v) is 12.9. The molecule has 7 nitrogen and oxygen atoms in total. The Kier molecular flexibility index (Phi) is 5.02. The standard InChI is InChI=1S/C14H17NO6S/c1-20-12-5-3-2-4-11(12)14(17)21-8-13(16)15-10-6-7-22(18,19)9-10/h2-5,10H,6-9H2,1H3,(H,15,16)/t10-/m0/s1. The van der Waals surface area contributed by atoms with E-state index >= 15 is 0 Å². The fourth-order valence-corrected chi connectivity index (χ4v) is 3.87. The van der Waals surface area contributed by atoms with Crippen molar-refractivity contribution in [3.8, 4) is 5.75 Å². The van der Waals surface area contributed by atoms with Gasteiger partial charge in [-0.1, -0.05) is 12.1 Å². The van der Waals surface area contributed by atoms with Crippen molar-refractivity contribution in [3.05, 3.63) is 29.8 Å². The summed E-state index contributed by atoms with van der Waals surface area (Å²) >= 11 is 0. The molecule has 0 radical (unpaired) electrons. The van der Waals surface area contributed by atoms with E-state index in [0.717, 1.165) is 0 Å². The lowest BCUT2D eigenvalue weighted by molar-refractivity contribution is -0.124. The van der Waals surface area contributed by atoms with Crippen molar-refractivity contribution < 1.29 is 27.5 Å². The summed E-state index contributed by atoms with van der Waals surface area (Å²) in [4.78, 5) is 23.6. The number of amides is 1. The van der Waals surface area contributed by atoms with Gasteiger partial charge in [-0.05, 0) is 18.6 Å². The van der Waals surface area contributed by atoms with Gasteiger partial charge in [-0.2, -0.15) is 0 Å². The SMILES string of the molecule is COc1ccccc1C(=O)OCC(=O)N[C@H]1CCS(=O)(=O)C1. The van der Waals surface area contributed by atoms with Crippen LogP contribution in [0.15, 0.2) is 24.3 Å². The Balaban J connectivity index is 1.85. The minimum absolute atomic E-state index is 0.0684. The zero-order chi connectivity index (χ0) is 16.2. The maximum Gasteiger partial charge on any atom is 0.342 e. The molecule has 0 saturated carbocycles. The average Bonchev–Trinajstić information content (AvgIpc) is 2.83. The molecule has 0 unspecified atom stereocenters. The van der Waals surface area contributed by atoms with Gasteiger partial charge in [-0.15, -0.1) is 0 Å². The summed E-state index contributed by atoms with van der Waals surface area (Å²) in [5, 5.41) is 2.54. The van der Waals surface area contributed by atoms with Crippen LogP contribution in [0, 0.1) is 0 Å². The van der Waals surface area contributed by atoms with Crippen LogP contribution in [-0.4, -0.2) is 51.6 Å². The molecule has 1 aromatic rings. The molecular weight excluding hydrogens is 310 g/mol. The third-order valence-corrected chi connectivity index (χ3v) is 5.03. The van der Waals surface area contributed by atoms with Crippen LogP contribution in [0.1, 0.15) is 16.8 Å². The van der Waals surface area contributed by atoms with E-state index in [1.807, 2.05) is 0 Å². The molecule has 1 aliphatic heterocycles. The van der Waals surface area contributed by atoms with Crippen LogP contribution < -0.4 is 10.1 Å². The van der Waals surface area contributed by atoms with Crippen molar-refractivity contribution in [2.24, 2.45) is 0 Å². The number of benzene rings is 1. The second kappa shape index (κ2) is 6.78. The second-order valence-corrected chi connectivity index (χ2v) is 7.17. The number of para-hydroxylation sites is 1. The van der Waals surface area contributed by atoms with Crippen molar-refractivity contribution in [3.63, 3.8) is 0 Å². The molecule has 1 aromatic carbocycles. The van der Waals surface area contributed by atoms with Crippen molar-refractivity contribution in [1.29, 1.82) is 0 Å². The number of ether oxygens (including phenoxy) is 2. The van der Waals surface area contributed by atoms with E-state index in [1.54, 1.807) is 18.2 Å². The fraction of sp³-hybridized carbons (Fsp3) is 0.429. The molecule has 0 aliphatic carbocycles. The number of rotatable bonds is 5. The van der Waals surface area contributed by atoms with E-state index in [4.69, 9.17) is 9.47 Å². The van der Waals surface area contributed by atoms with E-state index in [-0.39, 0.29) is 17.1 Å². The summed E-state index contributed by atoms with van der Waals surface area (Å²) in [6.07, 6.45) is 0.383. The molecule has 1 N–H and O–H groups in total. The monoisotopic (exact) mass is 327 g/mol.